The van der Waals surface area contributed by atoms with Gasteiger partial charge in [-0.05, 0) is 73.0 Å². The average Bonchev–Trinajstić information content (AvgIpc) is 3.17. The third kappa shape index (κ3) is 6.51. The summed E-state index contributed by atoms with van der Waals surface area (Å²) in [6.07, 6.45) is 4.97. The standard InChI is InChI=1S/C26H28N2O5S/c1-5-8-19-13-18(14-21(32-7-3)24(19)33-16-23(29)31-4)15-22-25(30)28-26(34-22)27-20-11-9-17(6-2)10-12-20/h5,9-15H,1,6-8,16H2,2-4H3,(H,27,28,30)/b22-15-. The Labute approximate surface area is 203 Å². The molecule has 1 N–H and O–H groups in total. The Morgan fingerprint density at radius 2 is 1.94 bits per heavy atom. The van der Waals surface area contributed by atoms with Crippen LogP contribution in [0.4, 0.5) is 5.69 Å². The largest absolute Gasteiger partial charge is 0.490 e. The molecule has 7 nitrogen and oxygen atoms in total. The predicted molar refractivity (Wildman–Crippen MR) is 136 cm³/mol. The number of carbonyl (C=O) groups excluding carboxylic acids is 2. The van der Waals surface area contributed by atoms with E-state index >= 15 is 0 Å². The number of hydrogen-bond acceptors (Lipinski definition) is 7. The fourth-order valence-electron chi connectivity index (χ4n) is 3.25. The minimum atomic E-state index is -0.492. The molecular formula is C26H28N2O5S. The molecule has 0 radical (unpaired) electrons. The van der Waals surface area contributed by atoms with Gasteiger partial charge in [0.2, 0.25) is 0 Å². The Kier molecular flexibility index (Phi) is 8.93. The number of nitrogens with one attached hydrogen (secondary N) is 1. The number of rotatable bonds is 10. The third-order valence-corrected chi connectivity index (χ3v) is 5.81. The quantitative estimate of drug-likeness (QED) is 0.298. The summed E-state index contributed by atoms with van der Waals surface area (Å²) in [7, 11) is 1.30. The number of benzene rings is 2. The number of thioether (sulfide) groups is 1. The van der Waals surface area contributed by atoms with Crippen LogP contribution < -0.4 is 14.8 Å². The Bertz CT molecular complexity index is 1120. The van der Waals surface area contributed by atoms with Crippen LogP contribution in [0.2, 0.25) is 0 Å². The Hall–Kier alpha value is -3.52. The van der Waals surface area contributed by atoms with Crippen molar-refractivity contribution in [3.05, 3.63) is 70.6 Å². The molecule has 0 bridgehead atoms. The summed E-state index contributed by atoms with van der Waals surface area (Å²) < 4.78 is 16.1. The summed E-state index contributed by atoms with van der Waals surface area (Å²) in [6, 6.07) is 11.6. The summed E-state index contributed by atoms with van der Waals surface area (Å²) in [5.41, 5.74) is 3.55. The molecule has 0 unspecified atom stereocenters. The molecule has 0 spiro atoms. The normalized spacial score (nSPS) is 15.3. The molecule has 0 aromatic heterocycles. The molecule has 1 amide bonds. The van der Waals surface area contributed by atoms with Gasteiger partial charge in [0.15, 0.2) is 23.3 Å². The van der Waals surface area contributed by atoms with Gasteiger partial charge in [0.25, 0.3) is 5.91 Å². The molecule has 3 rings (SSSR count). The van der Waals surface area contributed by atoms with Crippen LogP contribution in [0.15, 0.2) is 59.0 Å². The van der Waals surface area contributed by atoms with Crippen molar-refractivity contribution in [3.8, 4) is 11.5 Å². The number of allylic oxidation sites excluding steroid dienone is 1. The molecule has 0 saturated carbocycles. The first-order valence-electron chi connectivity index (χ1n) is 11.0. The van der Waals surface area contributed by atoms with Crippen molar-refractivity contribution in [2.75, 3.05) is 20.3 Å². The van der Waals surface area contributed by atoms with Gasteiger partial charge in [-0.2, -0.15) is 0 Å². The molecule has 2 aromatic rings. The van der Waals surface area contributed by atoms with Crippen LogP contribution in [-0.2, 0) is 27.2 Å². The van der Waals surface area contributed by atoms with Crippen molar-refractivity contribution in [1.82, 2.24) is 5.32 Å². The van der Waals surface area contributed by atoms with E-state index in [9.17, 15) is 9.59 Å². The SMILES string of the molecule is C=CCc1cc(/C=C2\SC(=Nc3ccc(CC)cc3)NC2=O)cc(OCC)c1OCC(=O)OC. The lowest BCUT2D eigenvalue weighted by Gasteiger charge is -2.16. The van der Waals surface area contributed by atoms with Crippen LogP contribution in [0.5, 0.6) is 11.5 Å². The van der Waals surface area contributed by atoms with E-state index in [0.717, 1.165) is 23.2 Å². The Morgan fingerprint density at radius 3 is 2.59 bits per heavy atom. The first-order valence-corrected chi connectivity index (χ1v) is 11.8. The number of aryl methyl sites for hydroxylation is 1. The van der Waals surface area contributed by atoms with Crippen LogP contribution in [0, 0.1) is 0 Å². The lowest BCUT2D eigenvalue weighted by Crippen LogP contribution is -2.19. The maximum Gasteiger partial charge on any atom is 0.343 e. The lowest BCUT2D eigenvalue weighted by molar-refractivity contribution is -0.142. The zero-order chi connectivity index (χ0) is 24.5. The molecule has 1 aliphatic heterocycles. The zero-order valence-electron chi connectivity index (χ0n) is 19.6. The Balaban J connectivity index is 1.89. The number of amidine groups is 1. The number of aliphatic imine (C=N–C) groups is 1. The summed E-state index contributed by atoms with van der Waals surface area (Å²) >= 11 is 1.28. The van der Waals surface area contributed by atoms with Crippen LogP contribution in [0.25, 0.3) is 6.08 Å². The third-order valence-electron chi connectivity index (χ3n) is 4.90. The highest BCUT2D eigenvalue weighted by Gasteiger charge is 2.24. The Morgan fingerprint density at radius 1 is 1.18 bits per heavy atom. The van der Waals surface area contributed by atoms with Gasteiger partial charge in [0.05, 0.1) is 24.3 Å². The monoisotopic (exact) mass is 480 g/mol. The fraction of sp³-hybridized carbons (Fsp3) is 0.269. The fourth-order valence-corrected chi connectivity index (χ4v) is 4.09. The maximum atomic E-state index is 12.6. The van der Waals surface area contributed by atoms with Crippen LogP contribution >= 0.6 is 11.8 Å². The molecule has 1 saturated heterocycles. The number of methoxy groups -OCH3 is 1. The van der Waals surface area contributed by atoms with Crippen LogP contribution in [-0.4, -0.2) is 37.4 Å². The molecule has 1 aliphatic rings. The van der Waals surface area contributed by atoms with Gasteiger partial charge in [0, 0.05) is 5.56 Å². The maximum absolute atomic E-state index is 12.6. The molecule has 1 fully saturated rings. The average molecular weight is 481 g/mol. The molecule has 0 atom stereocenters. The number of nitrogens with zero attached hydrogens (tertiary/aromatic N) is 1. The number of hydrogen-bond donors (Lipinski definition) is 1. The number of ether oxygens (including phenoxy) is 3. The topological polar surface area (TPSA) is 86.2 Å². The van der Waals surface area contributed by atoms with Gasteiger partial charge in [-0.15, -0.1) is 6.58 Å². The number of esters is 1. The van der Waals surface area contributed by atoms with E-state index in [0.29, 0.717) is 34.6 Å². The second kappa shape index (κ2) is 12.1. The van der Waals surface area contributed by atoms with Crippen molar-refractivity contribution in [1.29, 1.82) is 0 Å². The molecule has 1 heterocycles. The predicted octanol–water partition coefficient (Wildman–Crippen LogP) is 4.82. The summed E-state index contributed by atoms with van der Waals surface area (Å²) in [5.74, 6) is 0.220. The van der Waals surface area contributed by atoms with E-state index < -0.39 is 5.97 Å². The molecule has 178 valence electrons. The second-order valence-corrected chi connectivity index (χ2v) is 8.33. The van der Waals surface area contributed by atoms with E-state index in [2.05, 4.69) is 28.5 Å². The van der Waals surface area contributed by atoms with E-state index in [4.69, 9.17) is 9.47 Å². The highest BCUT2D eigenvalue weighted by molar-refractivity contribution is 8.18. The van der Waals surface area contributed by atoms with Crippen molar-refractivity contribution in [2.24, 2.45) is 4.99 Å². The lowest BCUT2D eigenvalue weighted by atomic mass is 10.0. The van der Waals surface area contributed by atoms with Gasteiger partial charge >= 0.3 is 5.97 Å². The van der Waals surface area contributed by atoms with Crippen molar-refractivity contribution < 1.29 is 23.8 Å². The highest BCUT2D eigenvalue weighted by atomic mass is 32.2. The zero-order valence-corrected chi connectivity index (χ0v) is 20.4. The van der Waals surface area contributed by atoms with Crippen LogP contribution in [0.1, 0.15) is 30.5 Å². The van der Waals surface area contributed by atoms with E-state index in [1.807, 2.05) is 37.3 Å². The summed E-state index contributed by atoms with van der Waals surface area (Å²) in [4.78, 5) is 29.2. The van der Waals surface area contributed by atoms with Gasteiger partial charge in [-0.3, -0.25) is 4.79 Å². The second-order valence-electron chi connectivity index (χ2n) is 7.30. The first kappa shape index (κ1) is 25.1. The molecular weight excluding hydrogens is 452 g/mol. The van der Waals surface area contributed by atoms with Crippen molar-refractivity contribution >= 4 is 40.6 Å². The summed E-state index contributed by atoms with van der Waals surface area (Å²) in [5, 5.41) is 3.34. The number of carbonyl (C=O) groups is 2. The molecule has 2 aromatic carbocycles. The highest BCUT2D eigenvalue weighted by Crippen LogP contribution is 2.36. The first-order chi connectivity index (χ1) is 16.5. The minimum Gasteiger partial charge on any atom is -0.490 e. The molecule has 8 heteroatoms. The van der Waals surface area contributed by atoms with E-state index in [1.165, 1.54) is 24.4 Å². The molecule has 0 aliphatic carbocycles. The molecule has 34 heavy (non-hydrogen) atoms. The smallest absolute Gasteiger partial charge is 0.343 e. The number of amides is 1. The minimum absolute atomic E-state index is 0.219. The van der Waals surface area contributed by atoms with Gasteiger partial charge in [0.1, 0.15) is 0 Å². The van der Waals surface area contributed by atoms with E-state index in [1.54, 1.807) is 18.2 Å². The summed E-state index contributed by atoms with van der Waals surface area (Å²) in [6.45, 7) is 7.93. The van der Waals surface area contributed by atoms with Crippen molar-refractivity contribution in [2.45, 2.75) is 26.7 Å². The van der Waals surface area contributed by atoms with Gasteiger partial charge in [-0.1, -0.05) is 25.1 Å². The van der Waals surface area contributed by atoms with E-state index in [-0.39, 0.29) is 12.5 Å². The van der Waals surface area contributed by atoms with Gasteiger partial charge in [-0.25, -0.2) is 9.79 Å². The van der Waals surface area contributed by atoms with Crippen LogP contribution in [0.3, 0.4) is 0 Å². The van der Waals surface area contributed by atoms with Crippen molar-refractivity contribution in [3.63, 3.8) is 0 Å². The van der Waals surface area contributed by atoms with Gasteiger partial charge < -0.3 is 19.5 Å².